The first kappa shape index (κ1) is 29.6. The van der Waals surface area contributed by atoms with Gasteiger partial charge in [0, 0.05) is 44.0 Å². The average Bonchev–Trinajstić information content (AvgIpc) is 3.03. The van der Waals surface area contributed by atoms with Crippen molar-refractivity contribution < 1.29 is 29.6 Å². The molecule has 0 spiro atoms. The number of para-hydroxylation sites is 2. The number of ether oxygens (including phenoxy) is 2. The molecule has 0 aliphatic carbocycles. The van der Waals surface area contributed by atoms with Gasteiger partial charge in [0.25, 0.3) is 0 Å². The van der Waals surface area contributed by atoms with Crippen molar-refractivity contribution in [3.8, 4) is 45.5 Å². The summed E-state index contributed by atoms with van der Waals surface area (Å²) < 4.78 is 12.6. The first-order valence-electron chi connectivity index (χ1n) is 14.4. The van der Waals surface area contributed by atoms with Crippen molar-refractivity contribution in [3.63, 3.8) is 0 Å². The maximum Gasteiger partial charge on any atom is 0.239 e. The molecule has 2 aromatic heterocycles. The van der Waals surface area contributed by atoms with Crippen molar-refractivity contribution in [1.29, 1.82) is 0 Å². The minimum atomic E-state index is 0. The SMILES string of the molecule is Cc1c[c-]c(-c2cc(C)c(C)cn2)cc1.Cc1ccc(-c2[c-]cc3c4c2Oc2ccccc2B4c2ccccc2O3)nc1.[Ir]. The molecule has 4 nitrogen and oxygen atoms in total. The van der Waals surface area contributed by atoms with Crippen LogP contribution in [0.5, 0.6) is 23.0 Å². The molecule has 0 fully saturated rings. The molecule has 6 heteroatoms. The molecule has 217 valence electrons. The van der Waals surface area contributed by atoms with Crippen molar-refractivity contribution in [3.05, 3.63) is 138 Å². The summed E-state index contributed by atoms with van der Waals surface area (Å²) in [6.45, 7) is 8.34. The molecule has 0 amide bonds. The summed E-state index contributed by atoms with van der Waals surface area (Å²) in [7, 11) is 0. The van der Waals surface area contributed by atoms with Crippen LogP contribution < -0.4 is 25.9 Å². The van der Waals surface area contributed by atoms with Gasteiger partial charge in [0.15, 0.2) is 0 Å². The second-order valence-corrected chi connectivity index (χ2v) is 11.1. The van der Waals surface area contributed by atoms with Gasteiger partial charge in [-0.15, -0.1) is 47.5 Å². The first-order chi connectivity index (χ1) is 21.0. The Hall–Kier alpha value is -4.51. The summed E-state index contributed by atoms with van der Waals surface area (Å²) in [4.78, 5) is 9.01. The Bertz CT molecular complexity index is 1960. The molecule has 44 heavy (non-hydrogen) atoms. The van der Waals surface area contributed by atoms with E-state index in [1.807, 2.05) is 61.8 Å². The zero-order valence-electron chi connectivity index (χ0n) is 24.9. The standard InChI is InChI=1S/C24H15BNO2.C14H14N.Ir/c1-15-10-12-19(26-14-15)16-11-13-22-23-24(16)28-21-9-5-3-7-18(21)25(23)17-6-2-4-8-20(17)27-22;1-10-4-6-13(7-5-10)14-8-11(2)12(3)9-15-14;/h2-10,12-14H,1H3;4-6,8-9H,1-3H3;/q2*-1;. The van der Waals surface area contributed by atoms with Crippen LogP contribution in [-0.2, 0) is 20.1 Å². The van der Waals surface area contributed by atoms with Crippen molar-refractivity contribution in [2.45, 2.75) is 27.7 Å². The van der Waals surface area contributed by atoms with Crippen LogP contribution >= 0.6 is 0 Å². The molecule has 0 saturated carbocycles. The fourth-order valence-electron chi connectivity index (χ4n) is 5.56. The Balaban J connectivity index is 0.000000183. The van der Waals surface area contributed by atoms with Crippen LogP contribution in [0.4, 0.5) is 0 Å². The van der Waals surface area contributed by atoms with Gasteiger partial charge in [0.2, 0.25) is 6.71 Å². The number of hydrogen-bond acceptors (Lipinski definition) is 4. The van der Waals surface area contributed by atoms with E-state index in [2.05, 4.69) is 91.4 Å². The molecule has 0 saturated heterocycles. The molecule has 0 unspecified atom stereocenters. The van der Waals surface area contributed by atoms with Gasteiger partial charge in [-0.2, -0.15) is 0 Å². The molecule has 2 aliphatic heterocycles. The summed E-state index contributed by atoms with van der Waals surface area (Å²) in [5.41, 5.74) is 12.0. The summed E-state index contributed by atoms with van der Waals surface area (Å²) in [6, 6.07) is 37.3. The van der Waals surface area contributed by atoms with Gasteiger partial charge in [-0.3, -0.25) is 0 Å². The summed E-state index contributed by atoms with van der Waals surface area (Å²) in [5.74, 6) is 3.34. The smallest absolute Gasteiger partial charge is 0.239 e. The fourth-order valence-corrected chi connectivity index (χ4v) is 5.56. The summed E-state index contributed by atoms with van der Waals surface area (Å²) in [5, 5.41) is 0. The number of aromatic nitrogens is 2. The van der Waals surface area contributed by atoms with Gasteiger partial charge >= 0.3 is 0 Å². The molecular weight excluding hydrogens is 719 g/mol. The zero-order valence-corrected chi connectivity index (χ0v) is 27.3. The van der Waals surface area contributed by atoms with Gasteiger partial charge in [0.1, 0.15) is 11.5 Å². The summed E-state index contributed by atoms with van der Waals surface area (Å²) in [6.07, 6.45) is 3.79. The van der Waals surface area contributed by atoms with E-state index < -0.39 is 0 Å². The third-order valence-corrected chi connectivity index (χ3v) is 8.05. The minimum Gasteiger partial charge on any atom is -0.503 e. The number of rotatable bonds is 2. The van der Waals surface area contributed by atoms with E-state index >= 15 is 0 Å². The van der Waals surface area contributed by atoms with Gasteiger partial charge in [-0.1, -0.05) is 78.1 Å². The van der Waals surface area contributed by atoms with Gasteiger partial charge in [0.05, 0.1) is 0 Å². The Morgan fingerprint density at radius 2 is 1.30 bits per heavy atom. The number of nitrogens with zero attached hydrogens (tertiary/aromatic N) is 2. The third-order valence-electron chi connectivity index (χ3n) is 8.05. The number of fused-ring (bicyclic) bond motifs is 4. The predicted molar refractivity (Wildman–Crippen MR) is 174 cm³/mol. The van der Waals surface area contributed by atoms with E-state index in [4.69, 9.17) is 9.47 Å². The molecular formula is C38H29BIrN2O2-2. The summed E-state index contributed by atoms with van der Waals surface area (Å²) >= 11 is 0. The monoisotopic (exact) mass is 749 g/mol. The zero-order chi connectivity index (χ0) is 29.5. The Labute approximate surface area is 272 Å². The minimum absolute atomic E-state index is 0. The van der Waals surface area contributed by atoms with Crippen LogP contribution in [0.1, 0.15) is 22.3 Å². The van der Waals surface area contributed by atoms with Crippen LogP contribution in [-0.4, -0.2) is 16.7 Å². The Kier molecular flexibility index (Phi) is 8.22. The maximum absolute atomic E-state index is 6.40. The van der Waals surface area contributed by atoms with Crippen LogP contribution in [0.3, 0.4) is 0 Å². The maximum atomic E-state index is 6.40. The van der Waals surface area contributed by atoms with Gasteiger partial charge in [-0.05, 0) is 66.3 Å². The van der Waals surface area contributed by atoms with Crippen LogP contribution in [0.2, 0.25) is 0 Å². The van der Waals surface area contributed by atoms with Crippen molar-refractivity contribution >= 4 is 23.1 Å². The van der Waals surface area contributed by atoms with Gasteiger partial charge in [-0.25, -0.2) is 0 Å². The molecule has 4 aromatic carbocycles. The normalized spacial score (nSPS) is 11.8. The number of benzene rings is 4. The fraction of sp³-hybridized carbons (Fsp3) is 0.105. The third kappa shape index (κ3) is 5.48. The van der Waals surface area contributed by atoms with E-state index in [0.29, 0.717) is 0 Å². The van der Waals surface area contributed by atoms with Crippen LogP contribution in [0.25, 0.3) is 22.5 Å². The predicted octanol–water partition coefficient (Wildman–Crippen LogP) is 7.06. The van der Waals surface area contributed by atoms with E-state index in [9.17, 15) is 0 Å². The molecule has 4 heterocycles. The molecule has 0 atom stereocenters. The van der Waals surface area contributed by atoms with E-state index in [-0.39, 0.29) is 26.8 Å². The van der Waals surface area contributed by atoms with E-state index in [1.54, 1.807) is 0 Å². The molecule has 2 aliphatic rings. The first-order valence-corrected chi connectivity index (χ1v) is 14.4. The Morgan fingerprint density at radius 1 is 0.614 bits per heavy atom. The molecule has 1 radical (unpaired) electrons. The number of hydrogen-bond donors (Lipinski definition) is 0. The second kappa shape index (κ2) is 12.2. The van der Waals surface area contributed by atoms with Gasteiger partial charge < -0.3 is 19.4 Å². The topological polar surface area (TPSA) is 44.2 Å². The molecule has 6 aromatic rings. The number of pyridine rings is 2. The largest absolute Gasteiger partial charge is 0.503 e. The molecule has 0 bridgehead atoms. The molecule has 8 rings (SSSR count). The molecule has 0 N–H and O–H groups in total. The Morgan fingerprint density at radius 3 is 1.95 bits per heavy atom. The quantitative estimate of drug-likeness (QED) is 0.141. The van der Waals surface area contributed by atoms with E-state index in [1.165, 1.54) is 16.7 Å². The number of aryl methyl sites for hydroxylation is 4. The van der Waals surface area contributed by atoms with Crippen molar-refractivity contribution in [1.82, 2.24) is 9.97 Å². The van der Waals surface area contributed by atoms with E-state index in [0.717, 1.165) is 67.5 Å². The van der Waals surface area contributed by atoms with Crippen LogP contribution in [0, 0.1) is 39.8 Å². The van der Waals surface area contributed by atoms with Crippen LogP contribution in [0.15, 0.2) is 103 Å². The van der Waals surface area contributed by atoms with Crippen molar-refractivity contribution in [2.75, 3.05) is 0 Å². The van der Waals surface area contributed by atoms with Crippen molar-refractivity contribution in [2.24, 2.45) is 0 Å². The average molecular weight is 749 g/mol. The second-order valence-electron chi connectivity index (χ2n) is 11.1.